The van der Waals surface area contributed by atoms with Gasteiger partial charge in [-0.3, -0.25) is 4.79 Å². The van der Waals surface area contributed by atoms with Crippen LogP contribution >= 0.6 is 0 Å². The Kier molecular flexibility index (Phi) is 4.93. The third-order valence-corrected chi connectivity index (χ3v) is 4.08. The molecule has 0 aliphatic carbocycles. The van der Waals surface area contributed by atoms with Gasteiger partial charge in [-0.25, -0.2) is 0 Å². The van der Waals surface area contributed by atoms with Crippen molar-refractivity contribution in [2.75, 3.05) is 13.1 Å². The third kappa shape index (κ3) is 4.11. The van der Waals surface area contributed by atoms with E-state index in [2.05, 4.69) is 0 Å². The fourth-order valence-corrected chi connectivity index (χ4v) is 2.71. The lowest BCUT2D eigenvalue weighted by Gasteiger charge is -2.29. The first kappa shape index (κ1) is 15.6. The number of hydrogen-bond acceptors (Lipinski definition) is 3. The molecule has 120 valence electrons. The van der Waals surface area contributed by atoms with Crippen LogP contribution in [0.4, 0.5) is 0 Å². The molecule has 2 aromatic carbocycles. The van der Waals surface area contributed by atoms with E-state index < -0.39 is 0 Å². The molecule has 0 atom stereocenters. The second-order valence-corrected chi connectivity index (χ2v) is 5.83. The van der Waals surface area contributed by atoms with Crippen LogP contribution in [0.15, 0.2) is 54.6 Å². The predicted octanol–water partition coefficient (Wildman–Crippen LogP) is 2.86. The maximum atomic E-state index is 12.5. The van der Waals surface area contributed by atoms with Crippen LogP contribution in [-0.2, 0) is 6.61 Å². The molecule has 1 N–H and O–H groups in total. The summed E-state index contributed by atoms with van der Waals surface area (Å²) in [6.07, 6.45) is 1.02. The van der Waals surface area contributed by atoms with E-state index in [1.165, 1.54) is 0 Å². The molecule has 0 aromatic heterocycles. The zero-order valence-corrected chi connectivity index (χ0v) is 13.0. The van der Waals surface area contributed by atoms with E-state index in [9.17, 15) is 9.90 Å². The highest BCUT2D eigenvalue weighted by molar-refractivity contribution is 5.94. The van der Waals surface area contributed by atoms with Crippen molar-refractivity contribution in [2.45, 2.75) is 25.6 Å². The largest absolute Gasteiger partial charge is 0.489 e. The number of piperidine rings is 1. The molecule has 0 bridgehead atoms. The molecular weight excluding hydrogens is 290 g/mol. The Bertz CT molecular complexity index is 649. The van der Waals surface area contributed by atoms with Gasteiger partial charge in [0.1, 0.15) is 12.4 Å². The SMILES string of the molecule is O=C(c1cccc(OCc2ccccc2)c1)N1CCC(O)CC1. The van der Waals surface area contributed by atoms with Gasteiger partial charge in [0.05, 0.1) is 6.10 Å². The van der Waals surface area contributed by atoms with Gasteiger partial charge >= 0.3 is 0 Å². The quantitative estimate of drug-likeness (QED) is 0.944. The van der Waals surface area contributed by atoms with Crippen molar-refractivity contribution < 1.29 is 14.6 Å². The van der Waals surface area contributed by atoms with Crippen molar-refractivity contribution in [1.29, 1.82) is 0 Å². The Morgan fingerprint density at radius 1 is 1.09 bits per heavy atom. The summed E-state index contributed by atoms with van der Waals surface area (Å²) < 4.78 is 5.78. The van der Waals surface area contributed by atoms with Crippen molar-refractivity contribution in [3.05, 3.63) is 65.7 Å². The minimum atomic E-state index is -0.278. The summed E-state index contributed by atoms with van der Waals surface area (Å²) in [6.45, 7) is 1.69. The Morgan fingerprint density at radius 3 is 2.57 bits per heavy atom. The average Bonchev–Trinajstić information content (AvgIpc) is 2.61. The molecule has 4 nitrogen and oxygen atoms in total. The molecule has 1 aliphatic heterocycles. The number of aliphatic hydroxyl groups excluding tert-OH is 1. The van der Waals surface area contributed by atoms with Gasteiger partial charge in [-0.2, -0.15) is 0 Å². The van der Waals surface area contributed by atoms with E-state index >= 15 is 0 Å². The van der Waals surface area contributed by atoms with Crippen LogP contribution in [0.1, 0.15) is 28.8 Å². The molecule has 0 unspecified atom stereocenters. The van der Waals surface area contributed by atoms with Crippen LogP contribution in [0.5, 0.6) is 5.75 Å². The Morgan fingerprint density at radius 2 is 1.83 bits per heavy atom. The van der Waals surface area contributed by atoms with E-state index in [4.69, 9.17) is 4.74 Å². The second-order valence-electron chi connectivity index (χ2n) is 5.83. The number of hydrogen-bond donors (Lipinski definition) is 1. The van der Waals surface area contributed by atoms with Gasteiger partial charge < -0.3 is 14.7 Å². The maximum Gasteiger partial charge on any atom is 0.253 e. The first-order chi connectivity index (χ1) is 11.2. The van der Waals surface area contributed by atoms with Crippen molar-refractivity contribution in [2.24, 2.45) is 0 Å². The van der Waals surface area contributed by atoms with Crippen molar-refractivity contribution in [3.8, 4) is 5.75 Å². The van der Waals surface area contributed by atoms with Gasteiger partial charge in [0.2, 0.25) is 0 Å². The highest BCUT2D eigenvalue weighted by Crippen LogP contribution is 2.19. The predicted molar refractivity (Wildman–Crippen MR) is 88.4 cm³/mol. The van der Waals surface area contributed by atoms with Crippen molar-refractivity contribution >= 4 is 5.91 Å². The van der Waals surface area contributed by atoms with Gasteiger partial charge in [0.25, 0.3) is 5.91 Å². The zero-order valence-electron chi connectivity index (χ0n) is 13.0. The Labute approximate surface area is 136 Å². The Balaban J connectivity index is 1.64. The summed E-state index contributed by atoms with van der Waals surface area (Å²) in [5, 5.41) is 9.54. The standard InChI is InChI=1S/C19H21NO3/c21-17-9-11-20(12-10-17)19(22)16-7-4-8-18(13-16)23-14-15-5-2-1-3-6-15/h1-8,13,17,21H,9-12,14H2. The number of likely N-dealkylation sites (tertiary alicyclic amines) is 1. The monoisotopic (exact) mass is 311 g/mol. The normalized spacial score (nSPS) is 15.4. The minimum absolute atomic E-state index is 0.00191. The van der Waals surface area contributed by atoms with Gasteiger partial charge in [-0.15, -0.1) is 0 Å². The van der Waals surface area contributed by atoms with Gasteiger partial charge in [0, 0.05) is 18.7 Å². The number of rotatable bonds is 4. The number of carbonyl (C=O) groups is 1. The van der Waals surface area contributed by atoms with Crippen LogP contribution in [0, 0.1) is 0 Å². The molecule has 2 aromatic rings. The van der Waals surface area contributed by atoms with Crippen LogP contribution in [0.25, 0.3) is 0 Å². The first-order valence-electron chi connectivity index (χ1n) is 7.96. The molecule has 0 spiro atoms. The topological polar surface area (TPSA) is 49.8 Å². The molecule has 1 fully saturated rings. The lowest BCUT2D eigenvalue weighted by Crippen LogP contribution is -2.40. The van der Waals surface area contributed by atoms with Crippen LogP contribution in [0.3, 0.4) is 0 Å². The molecule has 4 heteroatoms. The van der Waals surface area contributed by atoms with Gasteiger partial charge in [-0.1, -0.05) is 36.4 Å². The average molecular weight is 311 g/mol. The minimum Gasteiger partial charge on any atom is -0.489 e. The number of amides is 1. The number of ether oxygens (including phenoxy) is 1. The number of nitrogens with zero attached hydrogens (tertiary/aromatic N) is 1. The number of benzene rings is 2. The summed E-state index contributed by atoms with van der Waals surface area (Å²) in [6, 6.07) is 17.2. The zero-order chi connectivity index (χ0) is 16.1. The summed E-state index contributed by atoms with van der Waals surface area (Å²) in [7, 11) is 0. The molecule has 1 heterocycles. The Hall–Kier alpha value is -2.33. The number of aliphatic hydroxyl groups is 1. The lowest BCUT2D eigenvalue weighted by molar-refractivity contribution is 0.0546. The smallest absolute Gasteiger partial charge is 0.253 e. The van der Waals surface area contributed by atoms with E-state index in [0.717, 1.165) is 5.56 Å². The molecule has 1 saturated heterocycles. The molecule has 1 amide bonds. The molecule has 0 radical (unpaired) electrons. The van der Waals surface area contributed by atoms with Gasteiger partial charge in [0.15, 0.2) is 0 Å². The first-order valence-corrected chi connectivity index (χ1v) is 7.96. The summed E-state index contributed by atoms with van der Waals surface area (Å²) in [4.78, 5) is 14.3. The highest BCUT2D eigenvalue weighted by Gasteiger charge is 2.22. The van der Waals surface area contributed by atoms with Crippen molar-refractivity contribution in [1.82, 2.24) is 4.90 Å². The summed E-state index contributed by atoms with van der Waals surface area (Å²) >= 11 is 0. The fraction of sp³-hybridized carbons (Fsp3) is 0.316. The van der Waals surface area contributed by atoms with E-state index in [1.807, 2.05) is 48.5 Å². The highest BCUT2D eigenvalue weighted by atomic mass is 16.5. The molecule has 3 rings (SSSR count). The molecule has 0 saturated carbocycles. The summed E-state index contributed by atoms with van der Waals surface area (Å²) in [5.41, 5.74) is 1.72. The van der Waals surface area contributed by atoms with E-state index in [-0.39, 0.29) is 12.0 Å². The second kappa shape index (κ2) is 7.29. The molecule has 1 aliphatic rings. The maximum absolute atomic E-state index is 12.5. The third-order valence-electron chi connectivity index (χ3n) is 4.08. The van der Waals surface area contributed by atoms with Crippen LogP contribution in [0.2, 0.25) is 0 Å². The number of carbonyl (C=O) groups excluding carboxylic acids is 1. The van der Waals surface area contributed by atoms with Crippen molar-refractivity contribution in [3.63, 3.8) is 0 Å². The van der Waals surface area contributed by atoms with Crippen LogP contribution < -0.4 is 4.74 Å². The fourth-order valence-electron chi connectivity index (χ4n) is 2.71. The summed E-state index contributed by atoms with van der Waals surface area (Å²) in [5.74, 6) is 0.693. The molecule has 23 heavy (non-hydrogen) atoms. The molecular formula is C19H21NO3. The van der Waals surface area contributed by atoms with E-state index in [0.29, 0.717) is 43.9 Å². The lowest BCUT2D eigenvalue weighted by atomic mass is 10.1. The van der Waals surface area contributed by atoms with Gasteiger partial charge in [-0.05, 0) is 36.6 Å². The van der Waals surface area contributed by atoms with E-state index in [1.54, 1.807) is 11.0 Å². The van der Waals surface area contributed by atoms with Crippen LogP contribution in [-0.4, -0.2) is 35.1 Å².